The molecule has 1 saturated heterocycles. The lowest BCUT2D eigenvalue weighted by Crippen LogP contribution is -2.36. The normalized spacial score (nSPS) is 18.3. The Bertz CT molecular complexity index is 896. The van der Waals surface area contributed by atoms with Crippen molar-refractivity contribution in [3.63, 3.8) is 0 Å². The van der Waals surface area contributed by atoms with Crippen molar-refractivity contribution in [1.82, 2.24) is 15.5 Å². The van der Waals surface area contributed by atoms with E-state index >= 15 is 0 Å². The standard InChI is InChI=1S/C18H22N4O4S/c1-12(2)26-15-5-3-13(4-6-15)19-17-8-7-16(21-22-17)18(23)20-14-9-10-27(24,25)11-14/h3-8,12,14H,9-11H2,1-2H3,(H,19,22)(H,20,23). The van der Waals surface area contributed by atoms with Crippen molar-refractivity contribution < 1.29 is 17.9 Å². The maximum Gasteiger partial charge on any atom is 0.272 e. The summed E-state index contributed by atoms with van der Waals surface area (Å²) in [6.45, 7) is 3.93. The molecule has 1 aromatic heterocycles. The molecule has 2 heterocycles. The molecule has 1 fully saturated rings. The van der Waals surface area contributed by atoms with Crippen LogP contribution in [-0.4, -0.2) is 48.2 Å². The van der Waals surface area contributed by atoms with Gasteiger partial charge in [0.05, 0.1) is 17.6 Å². The minimum absolute atomic E-state index is 0.0255. The summed E-state index contributed by atoms with van der Waals surface area (Å²) in [6.07, 6.45) is 0.537. The third kappa shape index (κ3) is 5.40. The number of rotatable bonds is 6. The number of nitrogens with zero attached hydrogens (tertiary/aromatic N) is 2. The van der Waals surface area contributed by atoms with Crippen LogP contribution in [0.2, 0.25) is 0 Å². The monoisotopic (exact) mass is 390 g/mol. The molecule has 1 aromatic carbocycles. The van der Waals surface area contributed by atoms with Gasteiger partial charge in [-0.3, -0.25) is 4.79 Å². The Morgan fingerprint density at radius 2 is 1.89 bits per heavy atom. The van der Waals surface area contributed by atoms with Crippen LogP contribution in [0.5, 0.6) is 5.75 Å². The second kappa shape index (κ2) is 7.91. The van der Waals surface area contributed by atoms with Crippen molar-refractivity contribution in [2.75, 3.05) is 16.8 Å². The zero-order chi connectivity index (χ0) is 19.4. The van der Waals surface area contributed by atoms with E-state index in [0.29, 0.717) is 12.2 Å². The number of sulfone groups is 1. The van der Waals surface area contributed by atoms with Crippen LogP contribution in [0.25, 0.3) is 0 Å². The number of aromatic nitrogens is 2. The maximum absolute atomic E-state index is 12.2. The van der Waals surface area contributed by atoms with Gasteiger partial charge in [-0.15, -0.1) is 10.2 Å². The summed E-state index contributed by atoms with van der Waals surface area (Å²) in [7, 11) is -3.04. The van der Waals surface area contributed by atoms with Gasteiger partial charge < -0.3 is 15.4 Å². The molecule has 0 aliphatic carbocycles. The number of nitrogens with one attached hydrogen (secondary N) is 2. The van der Waals surface area contributed by atoms with Crippen LogP contribution in [0.3, 0.4) is 0 Å². The smallest absolute Gasteiger partial charge is 0.272 e. The fraction of sp³-hybridized carbons (Fsp3) is 0.389. The lowest BCUT2D eigenvalue weighted by Gasteiger charge is -2.11. The molecular weight excluding hydrogens is 368 g/mol. The fourth-order valence-corrected chi connectivity index (χ4v) is 4.40. The van der Waals surface area contributed by atoms with Crippen molar-refractivity contribution >= 4 is 27.2 Å². The predicted octanol–water partition coefficient (Wildman–Crippen LogP) is 1.92. The van der Waals surface area contributed by atoms with Crippen LogP contribution in [0.4, 0.5) is 11.5 Å². The van der Waals surface area contributed by atoms with Gasteiger partial charge in [0.1, 0.15) is 5.75 Å². The second-order valence-corrected chi connectivity index (χ2v) is 8.92. The van der Waals surface area contributed by atoms with Crippen LogP contribution < -0.4 is 15.4 Å². The second-order valence-electron chi connectivity index (χ2n) is 6.69. The molecule has 1 unspecified atom stereocenters. The first kappa shape index (κ1) is 19.1. The van der Waals surface area contributed by atoms with Crippen LogP contribution in [0, 0.1) is 0 Å². The summed E-state index contributed by atoms with van der Waals surface area (Å²) < 4.78 is 28.5. The molecule has 1 aliphatic rings. The zero-order valence-electron chi connectivity index (χ0n) is 15.2. The number of amides is 1. The van der Waals surface area contributed by atoms with Gasteiger partial charge in [0.2, 0.25) is 0 Å². The summed E-state index contributed by atoms with van der Waals surface area (Å²) in [5, 5.41) is 13.7. The molecule has 0 radical (unpaired) electrons. The quantitative estimate of drug-likeness (QED) is 0.775. The number of hydrogen-bond donors (Lipinski definition) is 2. The molecule has 0 spiro atoms. The van der Waals surface area contributed by atoms with Gasteiger partial charge in [0, 0.05) is 11.7 Å². The van der Waals surface area contributed by atoms with Gasteiger partial charge in [0.25, 0.3) is 5.91 Å². The number of ether oxygens (including phenoxy) is 1. The van der Waals surface area contributed by atoms with Crippen LogP contribution >= 0.6 is 0 Å². The molecule has 2 aromatic rings. The zero-order valence-corrected chi connectivity index (χ0v) is 16.0. The van der Waals surface area contributed by atoms with E-state index in [2.05, 4.69) is 20.8 Å². The lowest BCUT2D eigenvalue weighted by atomic mass is 10.2. The van der Waals surface area contributed by atoms with E-state index in [4.69, 9.17) is 4.74 Å². The summed E-state index contributed by atoms with van der Waals surface area (Å²) in [4.78, 5) is 12.2. The van der Waals surface area contributed by atoms with E-state index in [1.54, 1.807) is 12.1 Å². The predicted molar refractivity (Wildman–Crippen MR) is 102 cm³/mol. The molecule has 144 valence electrons. The summed E-state index contributed by atoms with van der Waals surface area (Å²) in [5.74, 6) is 0.928. The van der Waals surface area contributed by atoms with E-state index in [-0.39, 0.29) is 29.3 Å². The van der Waals surface area contributed by atoms with Crippen molar-refractivity contribution in [2.45, 2.75) is 32.4 Å². The molecule has 2 N–H and O–H groups in total. The van der Waals surface area contributed by atoms with E-state index in [0.717, 1.165) is 11.4 Å². The van der Waals surface area contributed by atoms with Crippen molar-refractivity contribution in [3.05, 3.63) is 42.1 Å². The Balaban J connectivity index is 1.57. The first-order valence-corrected chi connectivity index (χ1v) is 10.5. The summed E-state index contributed by atoms with van der Waals surface area (Å²) >= 11 is 0. The molecule has 1 atom stereocenters. The van der Waals surface area contributed by atoms with E-state index in [9.17, 15) is 13.2 Å². The third-order valence-corrected chi connectivity index (χ3v) is 5.73. The number of hydrogen-bond acceptors (Lipinski definition) is 7. The minimum Gasteiger partial charge on any atom is -0.491 e. The van der Waals surface area contributed by atoms with Crippen molar-refractivity contribution in [2.24, 2.45) is 0 Å². The van der Waals surface area contributed by atoms with Crippen LogP contribution in [0.15, 0.2) is 36.4 Å². The Kier molecular flexibility index (Phi) is 5.59. The van der Waals surface area contributed by atoms with Gasteiger partial charge in [-0.1, -0.05) is 0 Å². The van der Waals surface area contributed by atoms with Crippen molar-refractivity contribution in [3.8, 4) is 5.75 Å². The van der Waals surface area contributed by atoms with Gasteiger partial charge in [0.15, 0.2) is 21.3 Å². The Hall–Kier alpha value is -2.68. The van der Waals surface area contributed by atoms with E-state index < -0.39 is 15.7 Å². The Labute approximate surface area is 158 Å². The average molecular weight is 390 g/mol. The third-order valence-electron chi connectivity index (χ3n) is 3.96. The van der Waals surface area contributed by atoms with Gasteiger partial charge in [-0.25, -0.2) is 8.42 Å². The van der Waals surface area contributed by atoms with Gasteiger partial charge >= 0.3 is 0 Å². The first-order valence-electron chi connectivity index (χ1n) is 8.69. The average Bonchev–Trinajstić information content (AvgIpc) is 2.95. The molecule has 0 bridgehead atoms. The highest BCUT2D eigenvalue weighted by Gasteiger charge is 2.29. The van der Waals surface area contributed by atoms with Gasteiger partial charge in [-0.05, 0) is 56.7 Å². The number of carbonyl (C=O) groups is 1. The first-order chi connectivity index (χ1) is 12.8. The number of benzene rings is 1. The van der Waals surface area contributed by atoms with E-state index in [1.165, 1.54) is 0 Å². The topological polar surface area (TPSA) is 110 Å². The summed E-state index contributed by atoms with van der Waals surface area (Å²) in [5.41, 5.74) is 0.958. The Morgan fingerprint density at radius 3 is 2.44 bits per heavy atom. The molecule has 1 amide bonds. The molecule has 8 nitrogen and oxygen atoms in total. The maximum atomic E-state index is 12.2. The minimum atomic E-state index is -3.04. The molecule has 0 saturated carbocycles. The van der Waals surface area contributed by atoms with E-state index in [1.807, 2.05) is 38.1 Å². The highest BCUT2D eigenvalue weighted by atomic mass is 32.2. The number of anilines is 2. The SMILES string of the molecule is CC(C)Oc1ccc(Nc2ccc(C(=O)NC3CCS(=O)(=O)C3)nn2)cc1. The molecule has 3 rings (SSSR count). The highest BCUT2D eigenvalue weighted by molar-refractivity contribution is 7.91. The van der Waals surface area contributed by atoms with Crippen molar-refractivity contribution in [1.29, 1.82) is 0 Å². The lowest BCUT2D eigenvalue weighted by molar-refractivity contribution is 0.0935. The molecule has 9 heteroatoms. The summed E-state index contributed by atoms with van der Waals surface area (Å²) in [6, 6.07) is 10.3. The molecule has 27 heavy (non-hydrogen) atoms. The largest absolute Gasteiger partial charge is 0.491 e. The van der Waals surface area contributed by atoms with Crippen LogP contribution in [0.1, 0.15) is 30.8 Å². The van der Waals surface area contributed by atoms with Crippen LogP contribution in [-0.2, 0) is 9.84 Å². The fourth-order valence-electron chi connectivity index (χ4n) is 2.73. The molecular formula is C18H22N4O4S. The Morgan fingerprint density at radius 1 is 1.15 bits per heavy atom. The molecule has 1 aliphatic heterocycles. The van der Waals surface area contributed by atoms with Gasteiger partial charge in [-0.2, -0.15) is 0 Å². The highest BCUT2D eigenvalue weighted by Crippen LogP contribution is 2.19. The number of carbonyl (C=O) groups excluding carboxylic acids is 1.